The number of ether oxygens (including phenoxy) is 1. The molecule has 0 spiro atoms. The molecule has 0 bridgehead atoms. The fourth-order valence-corrected chi connectivity index (χ4v) is 2.42. The zero-order valence-corrected chi connectivity index (χ0v) is 14.4. The average molecular weight is 376 g/mol. The molecular weight excluding hydrogens is 358 g/mol. The van der Waals surface area contributed by atoms with Crippen molar-refractivity contribution < 1.29 is 20.1 Å². The number of nitrogens with zero attached hydrogens (tertiary/aromatic N) is 3. The van der Waals surface area contributed by atoms with Crippen LogP contribution in [0.1, 0.15) is 11.8 Å². The molecule has 0 amide bonds. The highest BCUT2D eigenvalue weighted by molar-refractivity contribution is 6.30. The Morgan fingerprint density at radius 2 is 1.69 bits per heavy atom. The highest BCUT2D eigenvalue weighted by Gasteiger charge is 2.28. The van der Waals surface area contributed by atoms with Crippen molar-refractivity contribution in [2.45, 2.75) is 18.3 Å². The van der Waals surface area contributed by atoms with Crippen molar-refractivity contribution in [2.24, 2.45) is 0 Å². The summed E-state index contributed by atoms with van der Waals surface area (Å²) in [6.45, 7) is -0.202. The summed E-state index contributed by atoms with van der Waals surface area (Å²) in [6, 6.07) is 15.7. The van der Waals surface area contributed by atoms with Gasteiger partial charge in [-0.15, -0.1) is 0 Å². The van der Waals surface area contributed by atoms with Gasteiger partial charge in [-0.05, 0) is 36.4 Å². The van der Waals surface area contributed by atoms with Crippen molar-refractivity contribution in [1.82, 2.24) is 15.0 Å². The van der Waals surface area contributed by atoms with Gasteiger partial charge in [0.15, 0.2) is 0 Å². The minimum Gasteiger partial charge on any atom is -0.491 e. The first-order chi connectivity index (χ1) is 12.5. The molecule has 0 aliphatic carbocycles. The van der Waals surface area contributed by atoms with Crippen LogP contribution >= 0.6 is 11.6 Å². The van der Waals surface area contributed by atoms with Gasteiger partial charge in [-0.3, -0.25) is 0 Å². The molecule has 0 aliphatic rings. The van der Waals surface area contributed by atoms with Crippen molar-refractivity contribution in [1.29, 1.82) is 0 Å². The molecule has 3 atom stereocenters. The molecule has 0 aliphatic heterocycles. The van der Waals surface area contributed by atoms with Crippen LogP contribution in [0.25, 0.3) is 5.69 Å². The lowest BCUT2D eigenvalue weighted by Gasteiger charge is -2.21. The summed E-state index contributed by atoms with van der Waals surface area (Å²) in [6.07, 6.45) is -2.87. The largest absolute Gasteiger partial charge is 0.491 e. The van der Waals surface area contributed by atoms with E-state index in [-0.39, 0.29) is 12.3 Å². The third-order valence-electron chi connectivity index (χ3n) is 3.75. The fraction of sp³-hybridized carbons (Fsp3) is 0.222. The smallest absolute Gasteiger partial charge is 0.128 e. The first kappa shape index (κ1) is 18.3. The molecule has 7 nitrogen and oxygen atoms in total. The monoisotopic (exact) mass is 375 g/mol. The lowest BCUT2D eigenvalue weighted by molar-refractivity contribution is -0.0755. The number of aromatic nitrogens is 3. The topological polar surface area (TPSA) is 101 Å². The summed E-state index contributed by atoms with van der Waals surface area (Å²) in [4.78, 5) is 1.34. The molecular formula is C18H18ClN3O4. The van der Waals surface area contributed by atoms with E-state index in [1.165, 1.54) is 11.0 Å². The quantitative estimate of drug-likeness (QED) is 0.581. The van der Waals surface area contributed by atoms with Gasteiger partial charge in [0.05, 0.1) is 11.9 Å². The Morgan fingerprint density at radius 3 is 2.38 bits per heavy atom. The van der Waals surface area contributed by atoms with E-state index >= 15 is 0 Å². The Balaban J connectivity index is 1.60. The number of halogens is 1. The maximum Gasteiger partial charge on any atom is 0.128 e. The Morgan fingerprint density at radius 1 is 1.00 bits per heavy atom. The van der Waals surface area contributed by atoms with Crippen LogP contribution in [-0.2, 0) is 0 Å². The van der Waals surface area contributed by atoms with Crippen molar-refractivity contribution >= 4 is 11.6 Å². The number of hydrogen-bond donors (Lipinski definition) is 3. The van der Waals surface area contributed by atoms with Gasteiger partial charge in [-0.2, -0.15) is 15.0 Å². The molecule has 0 saturated carbocycles. The predicted octanol–water partition coefficient (Wildman–Crippen LogP) is 1.75. The summed E-state index contributed by atoms with van der Waals surface area (Å²) in [5, 5.41) is 39.3. The third-order valence-corrected chi connectivity index (χ3v) is 4.00. The van der Waals surface area contributed by atoms with Crippen molar-refractivity contribution in [3.63, 3.8) is 0 Å². The maximum atomic E-state index is 10.3. The molecule has 3 rings (SSSR count). The number of rotatable bonds is 7. The van der Waals surface area contributed by atoms with E-state index in [4.69, 9.17) is 16.3 Å². The van der Waals surface area contributed by atoms with Gasteiger partial charge in [0, 0.05) is 5.02 Å². The second kappa shape index (κ2) is 8.29. The second-order valence-corrected chi connectivity index (χ2v) is 6.10. The maximum absolute atomic E-state index is 10.3. The summed E-state index contributed by atoms with van der Waals surface area (Å²) >= 11 is 5.79. The van der Waals surface area contributed by atoms with Gasteiger partial charge in [0.2, 0.25) is 0 Å². The Hall–Kier alpha value is -2.45. The van der Waals surface area contributed by atoms with Crippen LogP contribution in [0, 0.1) is 0 Å². The average Bonchev–Trinajstić information content (AvgIpc) is 3.17. The van der Waals surface area contributed by atoms with E-state index < -0.39 is 18.3 Å². The molecule has 2 aromatic carbocycles. The molecule has 136 valence electrons. The predicted molar refractivity (Wildman–Crippen MR) is 95.3 cm³/mol. The first-order valence-corrected chi connectivity index (χ1v) is 8.32. The molecule has 0 unspecified atom stereocenters. The molecule has 0 radical (unpaired) electrons. The molecule has 0 saturated heterocycles. The van der Waals surface area contributed by atoms with E-state index in [2.05, 4.69) is 10.2 Å². The number of aliphatic hydroxyl groups is 3. The number of hydrogen-bond acceptors (Lipinski definition) is 6. The molecule has 3 N–H and O–H groups in total. The van der Waals surface area contributed by atoms with Crippen LogP contribution in [0.15, 0.2) is 60.8 Å². The van der Waals surface area contributed by atoms with E-state index in [0.29, 0.717) is 16.5 Å². The van der Waals surface area contributed by atoms with Gasteiger partial charge in [0.1, 0.15) is 36.4 Å². The summed E-state index contributed by atoms with van der Waals surface area (Å²) in [7, 11) is 0. The number of para-hydroxylation sites is 1. The van der Waals surface area contributed by atoms with Gasteiger partial charge < -0.3 is 20.1 Å². The van der Waals surface area contributed by atoms with Crippen molar-refractivity contribution in [3.05, 3.63) is 71.5 Å². The molecule has 26 heavy (non-hydrogen) atoms. The van der Waals surface area contributed by atoms with Crippen LogP contribution in [0.4, 0.5) is 0 Å². The lowest BCUT2D eigenvalue weighted by Crippen LogP contribution is -2.36. The van der Waals surface area contributed by atoms with Crippen LogP contribution in [0.2, 0.25) is 5.02 Å². The zero-order valence-electron chi connectivity index (χ0n) is 13.7. The Labute approximate surface area is 155 Å². The minimum absolute atomic E-state index is 0.145. The Kier molecular flexibility index (Phi) is 5.85. The molecule has 1 heterocycles. The minimum atomic E-state index is -1.48. The molecule has 8 heteroatoms. The molecule has 0 fully saturated rings. The van der Waals surface area contributed by atoms with Gasteiger partial charge in [-0.1, -0.05) is 29.8 Å². The summed E-state index contributed by atoms with van der Waals surface area (Å²) in [5.74, 6) is 0.491. The number of benzene rings is 2. The van der Waals surface area contributed by atoms with Crippen molar-refractivity contribution in [3.8, 4) is 11.4 Å². The zero-order chi connectivity index (χ0) is 18.5. The summed E-state index contributed by atoms with van der Waals surface area (Å²) in [5.41, 5.74) is 0.860. The molecule has 1 aromatic heterocycles. The third kappa shape index (κ3) is 4.39. The second-order valence-electron chi connectivity index (χ2n) is 5.66. The normalized spacial score (nSPS) is 14.6. The van der Waals surface area contributed by atoms with Gasteiger partial charge in [0.25, 0.3) is 0 Å². The van der Waals surface area contributed by atoms with E-state index in [0.717, 1.165) is 0 Å². The van der Waals surface area contributed by atoms with E-state index in [1.54, 1.807) is 36.4 Å². The fourth-order valence-electron chi connectivity index (χ4n) is 2.29. The summed E-state index contributed by atoms with van der Waals surface area (Å²) < 4.78 is 5.38. The van der Waals surface area contributed by atoms with Crippen LogP contribution in [0.5, 0.6) is 5.75 Å². The van der Waals surface area contributed by atoms with Gasteiger partial charge >= 0.3 is 0 Å². The van der Waals surface area contributed by atoms with Crippen LogP contribution < -0.4 is 4.74 Å². The Bertz CT molecular complexity index is 826. The lowest BCUT2D eigenvalue weighted by atomic mass is 10.1. The van der Waals surface area contributed by atoms with Crippen molar-refractivity contribution in [2.75, 3.05) is 6.61 Å². The van der Waals surface area contributed by atoms with Crippen LogP contribution in [-0.4, -0.2) is 49.1 Å². The number of aliphatic hydroxyl groups excluding tert-OH is 3. The van der Waals surface area contributed by atoms with Gasteiger partial charge in [-0.25, -0.2) is 0 Å². The van der Waals surface area contributed by atoms with E-state index in [1.807, 2.05) is 18.2 Å². The highest BCUT2D eigenvalue weighted by Crippen LogP contribution is 2.20. The standard InChI is InChI=1S/C18H18ClN3O4/c19-12-6-8-14(9-7-12)26-11-16(23)18(25)17(24)15-10-20-22(21-15)13-4-2-1-3-5-13/h1-10,16-18,23-25H,11H2/t16-,17+,18+/m1/s1. The van der Waals surface area contributed by atoms with E-state index in [9.17, 15) is 15.3 Å². The molecule has 3 aromatic rings. The SMILES string of the molecule is O[C@@H]([C@H](O)COc1ccc(Cl)cc1)[C@@H](O)c1cnn(-c2ccccc2)n1. The van der Waals surface area contributed by atoms with Crippen LogP contribution in [0.3, 0.4) is 0 Å². The first-order valence-electron chi connectivity index (χ1n) is 7.95. The highest BCUT2D eigenvalue weighted by atomic mass is 35.5.